The second-order valence-corrected chi connectivity index (χ2v) is 13.7. The SMILES string of the molecule is CC(O[Si](c1ccccc1)(c1ccccc1)C(C)(C)C)=C1c2cc3ccccc3cc21. The van der Waals surface area contributed by atoms with E-state index in [4.69, 9.17) is 4.43 Å². The Bertz CT molecular complexity index is 1200. The molecule has 0 unspecified atom stereocenters. The Morgan fingerprint density at radius 3 is 1.48 bits per heavy atom. The number of fused-ring (bicyclic) bond motifs is 2. The molecule has 0 amide bonds. The van der Waals surface area contributed by atoms with Crippen LogP contribution in [0.25, 0.3) is 16.3 Å². The minimum atomic E-state index is -2.59. The quantitative estimate of drug-likeness (QED) is 0.238. The lowest BCUT2D eigenvalue weighted by atomic mass is 10.1. The zero-order chi connectivity index (χ0) is 21.6. The van der Waals surface area contributed by atoms with Gasteiger partial charge in [0.25, 0.3) is 0 Å². The normalized spacial score (nSPS) is 13.1. The summed E-state index contributed by atoms with van der Waals surface area (Å²) >= 11 is 0. The second kappa shape index (κ2) is 7.25. The van der Waals surface area contributed by atoms with Crippen molar-refractivity contribution < 1.29 is 4.43 Å². The molecule has 4 aromatic carbocycles. The molecule has 5 rings (SSSR count). The standard InChI is InChI=1S/C29H28OSi/c1-21(28-26-19-22-13-11-12-14-23(22)20-27(26)28)30-31(29(2,3)4,24-15-7-5-8-16-24)25-17-9-6-10-18-25/h5-20H,1-4H3. The van der Waals surface area contributed by atoms with E-state index in [1.54, 1.807) is 0 Å². The van der Waals surface area contributed by atoms with E-state index in [-0.39, 0.29) is 5.04 Å². The summed E-state index contributed by atoms with van der Waals surface area (Å²) in [6.07, 6.45) is 0. The molecular weight excluding hydrogens is 392 g/mol. The summed E-state index contributed by atoms with van der Waals surface area (Å²) in [5.41, 5.74) is 3.94. The van der Waals surface area contributed by atoms with Crippen LogP contribution in [0.5, 0.6) is 0 Å². The van der Waals surface area contributed by atoms with E-state index in [1.807, 2.05) is 0 Å². The van der Waals surface area contributed by atoms with E-state index >= 15 is 0 Å². The van der Waals surface area contributed by atoms with Crippen LogP contribution in [0.2, 0.25) is 5.04 Å². The van der Waals surface area contributed by atoms with Gasteiger partial charge in [0.05, 0.1) is 5.76 Å². The number of hydrogen-bond donors (Lipinski definition) is 0. The molecule has 0 atom stereocenters. The lowest BCUT2D eigenvalue weighted by Crippen LogP contribution is -2.66. The molecule has 0 saturated heterocycles. The van der Waals surface area contributed by atoms with E-state index in [2.05, 4.69) is 125 Å². The molecule has 0 radical (unpaired) electrons. The maximum absolute atomic E-state index is 7.23. The summed E-state index contributed by atoms with van der Waals surface area (Å²) in [6, 6.07) is 34.9. The van der Waals surface area contributed by atoms with Crippen LogP contribution in [0.4, 0.5) is 0 Å². The minimum Gasteiger partial charge on any atom is -0.537 e. The van der Waals surface area contributed by atoms with Crippen LogP contribution in [0.3, 0.4) is 0 Å². The van der Waals surface area contributed by atoms with Crippen molar-refractivity contribution >= 4 is 35.0 Å². The molecule has 4 aromatic rings. The molecule has 0 heterocycles. The van der Waals surface area contributed by atoms with Gasteiger partial charge in [0.1, 0.15) is 0 Å². The van der Waals surface area contributed by atoms with Gasteiger partial charge in [-0.2, -0.15) is 0 Å². The number of rotatable bonds is 4. The van der Waals surface area contributed by atoms with E-state index in [9.17, 15) is 0 Å². The van der Waals surface area contributed by atoms with Gasteiger partial charge in [-0.3, -0.25) is 0 Å². The molecule has 0 saturated carbocycles. The topological polar surface area (TPSA) is 9.23 Å². The summed E-state index contributed by atoms with van der Waals surface area (Å²) in [6.45, 7) is 9.13. The Morgan fingerprint density at radius 1 is 0.645 bits per heavy atom. The summed E-state index contributed by atoms with van der Waals surface area (Å²) in [4.78, 5) is 0. The first kappa shape index (κ1) is 19.8. The van der Waals surface area contributed by atoms with E-state index < -0.39 is 8.32 Å². The lowest BCUT2D eigenvalue weighted by molar-refractivity contribution is 0.402. The largest absolute Gasteiger partial charge is 0.537 e. The van der Waals surface area contributed by atoms with Crippen LogP contribution in [-0.2, 0) is 4.43 Å². The van der Waals surface area contributed by atoms with Gasteiger partial charge in [-0.25, -0.2) is 0 Å². The Hall–Kier alpha value is -3.10. The second-order valence-electron chi connectivity index (χ2n) is 9.44. The minimum absolute atomic E-state index is 0.0384. The first-order valence-electron chi connectivity index (χ1n) is 11.0. The molecule has 1 nitrogen and oxygen atoms in total. The van der Waals surface area contributed by atoms with Gasteiger partial charge in [0.15, 0.2) is 0 Å². The van der Waals surface area contributed by atoms with Gasteiger partial charge in [0, 0.05) is 5.57 Å². The number of benzene rings is 4. The van der Waals surface area contributed by atoms with Gasteiger partial charge in [-0.1, -0.05) is 106 Å². The van der Waals surface area contributed by atoms with E-state index in [1.165, 1.54) is 37.8 Å². The zero-order valence-electron chi connectivity index (χ0n) is 18.6. The summed E-state index contributed by atoms with van der Waals surface area (Å²) in [7, 11) is -2.59. The highest BCUT2D eigenvalue weighted by molar-refractivity contribution is 6.99. The van der Waals surface area contributed by atoms with Gasteiger partial charge in [0.2, 0.25) is 0 Å². The van der Waals surface area contributed by atoms with Crippen molar-refractivity contribution in [2.24, 2.45) is 0 Å². The van der Waals surface area contributed by atoms with Crippen molar-refractivity contribution in [1.29, 1.82) is 0 Å². The van der Waals surface area contributed by atoms with Crippen LogP contribution in [0.1, 0.15) is 38.8 Å². The number of allylic oxidation sites excluding steroid dienone is 1. The molecular formula is C29H28OSi. The van der Waals surface area contributed by atoms with Gasteiger partial charge in [-0.15, -0.1) is 0 Å². The summed E-state index contributed by atoms with van der Waals surface area (Å²) in [5.74, 6) is 1.04. The molecule has 1 aliphatic carbocycles. The maximum Gasteiger partial charge on any atom is 0.319 e. The molecule has 0 aromatic heterocycles. The van der Waals surface area contributed by atoms with Gasteiger partial charge < -0.3 is 4.43 Å². The van der Waals surface area contributed by atoms with Crippen molar-refractivity contribution in [3.63, 3.8) is 0 Å². The van der Waals surface area contributed by atoms with Crippen molar-refractivity contribution in [2.75, 3.05) is 0 Å². The maximum atomic E-state index is 7.23. The Morgan fingerprint density at radius 2 is 1.06 bits per heavy atom. The fourth-order valence-electron chi connectivity index (χ4n) is 4.91. The molecule has 1 aliphatic rings. The molecule has 154 valence electrons. The Balaban J connectivity index is 1.67. The van der Waals surface area contributed by atoms with Crippen LogP contribution < -0.4 is 10.4 Å². The fraction of sp³-hybridized carbons (Fsp3) is 0.172. The lowest BCUT2D eigenvalue weighted by Gasteiger charge is -2.43. The monoisotopic (exact) mass is 420 g/mol. The van der Waals surface area contributed by atoms with Crippen LogP contribution in [0, 0.1) is 0 Å². The van der Waals surface area contributed by atoms with Crippen molar-refractivity contribution in [2.45, 2.75) is 32.7 Å². The third-order valence-electron chi connectivity index (χ3n) is 6.44. The van der Waals surface area contributed by atoms with Gasteiger partial charge >= 0.3 is 8.32 Å². The zero-order valence-corrected chi connectivity index (χ0v) is 19.6. The summed E-state index contributed by atoms with van der Waals surface area (Å²) in [5, 5.41) is 5.15. The molecule has 0 aliphatic heterocycles. The average Bonchev–Trinajstić information content (AvgIpc) is 3.49. The molecule has 0 spiro atoms. The third-order valence-corrected chi connectivity index (χ3v) is 11.5. The molecule has 31 heavy (non-hydrogen) atoms. The molecule has 2 heteroatoms. The first-order chi connectivity index (χ1) is 14.9. The molecule has 0 bridgehead atoms. The van der Waals surface area contributed by atoms with E-state index in [0.29, 0.717) is 0 Å². The smallest absolute Gasteiger partial charge is 0.319 e. The Labute approximate surface area is 186 Å². The highest BCUT2D eigenvalue weighted by Gasteiger charge is 2.52. The predicted octanol–water partition coefficient (Wildman–Crippen LogP) is 6.51. The highest BCUT2D eigenvalue weighted by Crippen LogP contribution is 2.48. The van der Waals surface area contributed by atoms with Crippen molar-refractivity contribution in [3.05, 3.63) is 114 Å². The van der Waals surface area contributed by atoms with Gasteiger partial charge in [-0.05, 0) is 56.4 Å². The van der Waals surface area contributed by atoms with E-state index in [0.717, 1.165) is 5.76 Å². The first-order valence-corrected chi connectivity index (χ1v) is 12.9. The molecule has 0 N–H and O–H groups in total. The van der Waals surface area contributed by atoms with Crippen molar-refractivity contribution in [3.8, 4) is 0 Å². The third kappa shape index (κ3) is 3.23. The Kier molecular flexibility index (Phi) is 4.64. The van der Waals surface area contributed by atoms with Crippen LogP contribution in [-0.4, -0.2) is 8.32 Å². The highest BCUT2D eigenvalue weighted by atomic mass is 28.4. The average molecular weight is 421 g/mol. The van der Waals surface area contributed by atoms with Crippen LogP contribution >= 0.6 is 0 Å². The van der Waals surface area contributed by atoms with Crippen LogP contribution in [0.15, 0.2) is 103 Å². The molecule has 0 fully saturated rings. The number of hydrogen-bond acceptors (Lipinski definition) is 1. The summed E-state index contributed by atoms with van der Waals surface area (Å²) < 4.78 is 7.23. The fourth-order valence-corrected chi connectivity index (χ4v) is 9.40. The predicted molar refractivity (Wildman–Crippen MR) is 134 cm³/mol. The van der Waals surface area contributed by atoms with Crippen molar-refractivity contribution in [1.82, 2.24) is 0 Å².